The van der Waals surface area contributed by atoms with Crippen molar-refractivity contribution in [3.05, 3.63) is 0 Å². The van der Waals surface area contributed by atoms with Gasteiger partial charge in [0.25, 0.3) is 0 Å². The molecule has 24 heavy (non-hydrogen) atoms. The van der Waals surface area contributed by atoms with E-state index in [-0.39, 0.29) is 11.7 Å². The van der Waals surface area contributed by atoms with E-state index in [1.165, 1.54) is 7.11 Å². The molecule has 0 bridgehead atoms. The molecule has 1 heterocycles. The largest absolute Gasteiger partial charge is 0.453 e. The molecule has 1 saturated heterocycles. The van der Waals surface area contributed by atoms with Gasteiger partial charge in [-0.05, 0) is 46.5 Å². The van der Waals surface area contributed by atoms with Crippen LogP contribution < -0.4 is 5.32 Å². The number of hydrogen-bond acceptors (Lipinski definition) is 6. The first kappa shape index (κ1) is 19.4. The van der Waals surface area contributed by atoms with Crippen LogP contribution in [0.3, 0.4) is 0 Å². The summed E-state index contributed by atoms with van der Waals surface area (Å²) >= 11 is 0. The van der Waals surface area contributed by atoms with Gasteiger partial charge in [0, 0.05) is 38.3 Å². The van der Waals surface area contributed by atoms with Gasteiger partial charge in [0.05, 0.1) is 12.7 Å². The fourth-order valence-corrected chi connectivity index (χ4v) is 3.58. The molecule has 0 radical (unpaired) electrons. The van der Waals surface area contributed by atoms with E-state index in [2.05, 4.69) is 10.2 Å². The monoisotopic (exact) mass is 343 g/mol. The molecule has 0 spiro atoms. The van der Waals surface area contributed by atoms with Crippen LogP contribution in [0.4, 0.5) is 4.79 Å². The summed E-state index contributed by atoms with van der Waals surface area (Å²) in [7, 11) is 1.43. The third-order valence-electron chi connectivity index (χ3n) is 4.80. The minimum absolute atomic E-state index is 0.226. The van der Waals surface area contributed by atoms with Gasteiger partial charge in [0.15, 0.2) is 0 Å². The zero-order chi connectivity index (χ0) is 17.7. The molecule has 1 aliphatic heterocycles. The average molecular weight is 343 g/mol. The molecule has 0 aromatic rings. The zero-order valence-electron chi connectivity index (χ0n) is 15.5. The SMILES string of the molecule is COC(=O)N1CCN(C2CCC(NC(O)OC(C)(C)C)CC2)CC1. The van der Waals surface area contributed by atoms with E-state index in [0.29, 0.717) is 12.1 Å². The van der Waals surface area contributed by atoms with Gasteiger partial charge in [-0.15, -0.1) is 0 Å². The summed E-state index contributed by atoms with van der Waals surface area (Å²) < 4.78 is 10.3. The summed E-state index contributed by atoms with van der Waals surface area (Å²) in [5.74, 6) is 0. The summed E-state index contributed by atoms with van der Waals surface area (Å²) in [4.78, 5) is 15.8. The Labute approximate surface area is 145 Å². The quantitative estimate of drug-likeness (QED) is 0.751. The Morgan fingerprint density at radius 2 is 1.71 bits per heavy atom. The normalized spacial score (nSPS) is 27.8. The van der Waals surface area contributed by atoms with Crippen molar-refractivity contribution in [3.8, 4) is 0 Å². The Hall–Kier alpha value is -0.890. The molecule has 1 saturated carbocycles. The molecule has 1 aliphatic carbocycles. The van der Waals surface area contributed by atoms with Gasteiger partial charge < -0.3 is 19.5 Å². The minimum Gasteiger partial charge on any atom is -0.453 e. The highest BCUT2D eigenvalue weighted by atomic mass is 16.6. The predicted octanol–water partition coefficient (Wildman–Crippen LogP) is 1.36. The van der Waals surface area contributed by atoms with E-state index < -0.39 is 6.41 Å². The highest BCUT2D eigenvalue weighted by Gasteiger charge is 2.30. The number of aliphatic hydroxyl groups excluding tert-OH is 1. The van der Waals surface area contributed by atoms with Gasteiger partial charge in [-0.1, -0.05) is 0 Å². The number of piperazine rings is 1. The fourth-order valence-electron chi connectivity index (χ4n) is 3.58. The molecule has 2 N–H and O–H groups in total. The number of methoxy groups -OCH3 is 1. The van der Waals surface area contributed by atoms with Crippen LogP contribution in [0.15, 0.2) is 0 Å². The van der Waals surface area contributed by atoms with Gasteiger partial charge >= 0.3 is 6.09 Å². The van der Waals surface area contributed by atoms with E-state index in [1.807, 2.05) is 20.8 Å². The lowest BCUT2D eigenvalue weighted by Gasteiger charge is -2.42. The second-order valence-corrected chi connectivity index (χ2v) is 7.75. The second kappa shape index (κ2) is 8.47. The van der Waals surface area contributed by atoms with Crippen molar-refractivity contribution >= 4 is 6.09 Å². The van der Waals surface area contributed by atoms with Gasteiger partial charge in [0.1, 0.15) is 0 Å². The third kappa shape index (κ3) is 5.88. The van der Waals surface area contributed by atoms with Gasteiger partial charge in [-0.2, -0.15) is 0 Å². The topological polar surface area (TPSA) is 74.3 Å². The van der Waals surface area contributed by atoms with E-state index in [0.717, 1.165) is 51.9 Å². The van der Waals surface area contributed by atoms with Crippen molar-refractivity contribution in [2.45, 2.75) is 70.6 Å². The van der Waals surface area contributed by atoms with Crippen molar-refractivity contribution in [1.29, 1.82) is 0 Å². The van der Waals surface area contributed by atoms with Gasteiger partial charge in [-0.25, -0.2) is 4.79 Å². The molecular formula is C17H33N3O4. The van der Waals surface area contributed by atoms with Crippen LogP contribution >= 0.6 is 0 Å². The molecule has 140 valence electrons. The van der Waals surface area contributed by atoms with Crippen molar-refractivity contribution in [2.24, 2.45) is 0 Å². The minimum atomic E-state index is -0.907. The number of carbonyl (C=O) groups is 1. The van der Waals surface area contributed by atoms with Crippen LogP contribution in [0.25, 0.3) is 0 Å². The highest BCUT2D eigenvalue weighted by molar-refractivity contribution is 5.67. The van der Waals surface area contributed by atoms with E-state index in [4.69, 9.17) is 9.47 Å². The summed E-state index contributed by atoms with van der Waals surface area (Å²) in [5, 5.41) is 13.1. The Bertz CT molecular complexity index is 397. The maximum atomic E-state index is 11.5. The summed E-state index contributed by atoms with van der Waals surface area (Å²) in [6.45, 7) is 9.10. The van der Waals surface area contributed by atoms with Crippen molar-refractivity contribution < 1.29 is 19.4 Å². The molecular weight excluding hydrogens is 310 g/mol. The van der Waals surface area contributed by atoms with Crippen molar-refractivity contribution in [3.63, 3.8) is 0 Å². The van der Waals surface area contributed by atoms with Gasteiger partial charge in [0.2, 0.25) is 6.41 Å². The van der Waals surface area contributed by atoms with Crippen molar-refractivity contribution in [2.75, 3.05) is 33.3 Å². The van der Waals surface area contributed by atoms with Crippen LogP contribution in [0, 0.1) is 0 Å². The summed E-state index contributed by atoms with van der Waals surface area (Å²) in [6.07, 6.45) is 3.15. The van der Waals surface area contributed by atoms with Gasteiger partial charge in [-0.3, -0.25) is 10.2 Å². The maximum absolute atomic E-state index is 11.5. The zero-order valence-corrected chi connectivity index (χ0v) is 15.5. The molecule has 7 heteroatoms. The number of carbonyl (C=O) groups excluding carboxylic acids is 1. The maximum Gasteiger partial charge on any atom is 0.409 e. The average Bonchev–Trinajstić information content (AvgIpc) is 2.53. The Morgan fingerprint density at radius 1 is 1.12 bits per heavy atom. The molecule has 1 atom stereocenters. The predicted molar refractivity (Wildman–Crippen MR) is 91.6 cm³/mol. The van der Waals surface area contributed by atoms with Crippen LogP contribution in [0.5, 0.6) is 0 Å². The number of nitrogens with zero attached hydrogens (tertiary/aromatic N) is 2. The van der Waals surface area contributed by atoms with E-state index in [1.54, 1.807) is 4.90 Å². The highest BCUT2D eigenvalue weighted by Crippen LogP contribution is 2.25. The number of aliphatic hydroxyl groups is 1. The number of ether oxygens (including phenoxy) is 2. The molecule has 0 aromatic carbocycles. The molecule has 2 fully saturated rings. The van der Waals surface area contributed by atoms with E-state index in [9.17, 15) is 9.90 Å². The Kier molecular flexibility index (Phi) is 6.86. The Morgan fingerprint density at radius 3 is 2.21 bits per heavy atom. The summed E-state index contributed by atoms with van der Waals surface area (Å²) in [6, 6.07) is 0.874. The Balaban J connectivity index is 1.69. The second-order valence-electron chi connectivity index (χ2n) is 7.75. The van der Waals surface area contributed by atoms with Crippen molar-refractivity contribution in [1.82, 2.24) is 15.1 Å². The molecule has 0 aromatic heterocycles. The molecule has 1 amide bonds. The third-order valence-corrected chi connectivity index (χ3v) is 4.80. The van der Waals surface area contributed by atoms with Crippen LogP contribution in [0.1, 0.15) is 46.5 Å². The molecule has 7 nitrogen and oxygen atoms in total. The van der Waals surface area contributed by atoms with Crippen LogP contribution in [0.2, 0.25) is 0 Å². The number of rotatable bonds is 4. The first-order chi connectivity index (χ1) is 11.3. The lowest BCUT2D eigenvalue weighted by atomic mass is 9.90. The first-order valence-corrected chi connectivity index (χ1v) is 8.97. The molecule has 2 aliphatic rings. The summed E-state index contributed by atoms with van der Waals surface area (Å²) in [5.41, 5.74) is -0.358. The fraction of sp³-hybridized carbons (Fsp3) is 0.941. The molecule has 1 unspecified atom stereocenters. The van der Waals surface area contributed by atoms with E-state index >= 15 is 0 Å². The lowest BCUT2D eigenvalue weighted by Crippen LogP contribution is -2.54. The smallest absolute Gasteiger partial charge is 0.409 e. The van der Waals surface area contributed by atoms with Crippen LogP contribution in [-0.4, -0.2) is 78.4 Å². The molecule has 2 rings (SSSR count). The lowest BCUT2D eigenvalue weighted by molar-refractivity contribution is -0.186. The number of amides is 1. The number of nitrogens with one attached hydrogen (secondary N) is 1. The standard InChI is InChI=1S/C17H33N3O4/c1-17(2,3)24-15(21)18-13-5-7-14(8-6-13)19-9-11-20(12-10-19)16(22)23-4/h13-15,18,21H,5-12H2,1-4H3. The van der Waals surface area contributed by atoms with Crippen LogP contribution in [-0.2, 0) is 9.47 Å². The number of hydrogen-bond donors (Lipinski definition) is 2. The first-order valence-electron chi connectivity index (χ1n) is 8.97.